The Morgan fingerprint density at radius 2 is 2.24 bits per heavy atom. The Hall–Kier alpha value is -2.28. The summed E-state index contributed by atoms with van der Waals surface area (Å²) in [6.07, 6.45) is 1.62. The second-order valence-corrected chi connectivity index (χ2v) is 5.61. The number of benzene rings is 1. The van der Waals surface area contributed by atoms with E-state index in [0.717, 1.165) is 17.3 Å². The van der Waals surface area contributed by atoms with E-state index in [2.05, 4.69) is 5.32 Å². The van der Waals surface area contributed by atoms with E-state index >= 15 is 0 Å². The van der Waals surface area contributed by atoms with Crippen molar-refractivity contribution in [2.45, 2.75) is 6.92 Å². The van der Waals surface area contributed by atoms with Gasteiger partial charge in [-0.1, -0.05) is 6.07 Å². The molecule has 0 aromatic heterocycles. The third-order valence-corrected chi connectivity index (χ3v) is 3.98. The normalized spacial score (nSPS) is 19.3. The van der Waals surface area contributed by atoms with E-state index in [9.17, 15) is 14.4 Å². The molecule has 0 spiro atoms. The number of hydrogen-bond acceptors (Lipinski definition) is 5. The van der Waals surface area contributed by atoms with Gasteiger partial charge >= 0.3 is 0 Å². The summed E-state index contributed by atoms with van der Waals surface area (Å²) < 4.78 is 5.51. The largest absolute Gasteiger partial charge is 0.490 e. The van der Waals surface area contributed by atoms with E-state index in [4.69, 9.17) is 4.74 Å². The molecule has 108 valence electrons. The van der Waals surface area contributed by atoms with Crippen LogP contribution in [0.3, 0.4) is 0 Å². The number of anilines is 1. The maximum absolute atomic E-state index is 11.7. The van der Waals surface area contributed by atoms with Crippen molar-refractivity contribution in [3.63, 3.8) is 0 Å². The molecule has 3 amide bonds. The molecule has 6 nitrogen and oxygen atoms in total. The first kappa shape index (κ1) is 13.7. The molecule has 2 aliphatic rings. The van der Waals surface area contributed by atoms with Gasteiger partial charge in [0.15, 0.2) is 0 Å². The zero-order valence-corrected chi connectivity index (χ0v) is 12.0. The molecule has 1 aromatic rings. The molecule has 0 radical (unpaired) electrons. The van der Waals surface area contributed by atoms with Crippen molar-refractivity contribution in [3.8, 4) is 5.75 Å². The van der Waals surface area contributed by atoms with Crippen molar-refractivity contribution in [1.82, 2.24) is 5.32 Å². The number of nitrogens with zero attached hydrogens (tertiary/aromatic N) is 1. The molecule has 0 unspecified atom stereocenters. The Morgan fingerprint density at radius 3 is 2.90 bits per heavy atom. The fraction of sp³-hybridized carbons (Fsp3) is 0.214. The van der Waals surface area contributed by atoms with Crippen LogP contribution in [-0.4, -0.2) is 30.2 Å². The Kier molecular flexibility index (Phi) is 3.42. The zero-order valence-electron chi connectivity index (χ0n) is 11.2. The molecule has 0 atom stereocenters. The Morgan fingerprint density at radius 1 is 1.43 bits per heavy atom. The molecule has 1 aromatic carbocycles. The van der Waals surface area contributed by atoms with Crippen LogP contribution in [0.5, 0.6) is 5.75 Å². The molecule has 0 aliphatic carbocycles. The smallest absolute Gasteiger partial charge is 0.290 e. The lowest BCUT2D eigenvalue weighted by atomic mass is 10.1. The zero-order chi connectivity index (χ0) is 15.0. The SMILES string of the molecule is CC(=O)N1CCOc2ccc(C=C3SC(=O)NC3=O)cc21. The molecular weight excluding hydrogens is 292 g/mol. The van der Waals surface area contributed by atoms with Crippen molar-refractivity contribution in [2.24, 2.45) is 0 Å². The highest BCUT2D eigenvalue weighted by Crippen LogP contribution is 2.34. The van der Waals surface area contributed by atoms with Crippen molar-refractivity contribution in [2.75, 3.05) is 18.1 Å². The highest BCUT2D eigenvalue weighted by atomic mass is 32.2. The maximum atomic E-state index is 11.7. The van der Waals surface area contributed by atoms with Gasteiger partial charge in [0.05, 0.1) is 17.1 Å². The quantitative estimate of drug-likeness (QED) is 0.800. The van der Waals surface area contributed by atoms with E-state index in [1.54, 1.807) is 29.2 Å². The lowest BCUT2D eigenvalue weighted by molar-refractivity contribution is -0.117. The number of amides is 3. The summed E-state index contributed by atoms with van der Waals surface area (Å²) >= 11 is 0.863. The third kappa shape index (κ3) is 2.64. The van der Waals surface area contributed by atoms with E-state index in [1.165, 1.54) is 6.92 Å². The Bertz CT molecular complexity index is 684. The maximum Gasteiger partial charge on any atom is 0.290 e. The minimum absolute atomic E-state index is 0.0625. The molecule has 3 rings (SSSR count). The summed E-state index contributed by atoms with van der Waals surface area (Å²) in [7, 11) is 0. The summed E-state index contributed by atoms with van der Waals surface area (Å²) in [4.78, 5) is 36.3. The van der Waals surface area contributed by atoms with Crippen molar-refractivity contribution in [1.29, 1.82) is 0 Å². The molecule has 2 heterocycles. The standard InChI is InChI=1S/C14H12N2O4S/c1-8(17)16-4-5-20-11-3-2-9(6-10(11)16)7-12-13(18)15-14(19)21-12/h2-3,6-7H,4-5H2,1H3,(H,15,18,19). The molecule has 1 N–H and O–H groups in total. The van der Waals surface area contributed by atoms with Gasteiger partial charge in [-0.25, -0.2) is 0 Å². The summed E-state index contributed by atoms with van der Waals surface area (Å²) in [5.41, 5.74) is 1.41. The number of ether oxygens (including phenoxy) is 1. The molecule has 2 aliphatic heterocycles. The van der Waals surface area contributed by atoms with Crippen LogP contribution in [-0.2, 0) is 9.59 Å². The Balaban J connectivity index is 1.97. The van der Waals surface area contributed by atoms with Gasteiger partial charge in [-0.05, 0) is 35.5 Å². The summed E-state index contributed by atoms with van der Waals surface area (Å²) in [6, 6.07) is 5.32. The fourth-order valence-electron chi connectivity index (χ4n) is 2.22. The van der Waals surface area contributed by atoms with Crippen LogP contribution in [0.2, 0.25) is 0 Å². The molecule has 1 saturated heterocycles. The number of fused-ring (bicyclic) bond motifs is 1. The van der Waals surface area contributed by atoms with Crippen LogP contribution in [0, 0.1) is 0 Å². The van der Waals surface area contributed by atoms with Crippen molar-refractivity contribution < 1.29 is 19.1 Å². The van der Waals surface area contributed by atoms with Crippen LogP contribution in [0.4, 0.5) is 10.5 Å². The lowest BCUT2D eigenvalue weighted by Crippen LogP contribution is -2.36. The third-order valence-electron chi connectivity index (χ3n) is 3.17. The highest BCUT2D eigenvalue weighted by molar-refractivity contribution is 8.18. The van der Waals surface area contributed by atoms with Crippen LogP contribution in [0.1, 0.15) is 12.5 Å². The number of nitrogens with one attached hydrogen (secondary N) is 1. The summed E-state index contributed by atoms with van der Waals surface area (Å²) in [6.45, 7) is 2.45. The number of thioether (sulfide) groups is 1. The molecule has 21 heavy (non-hydrogen) atoms. The molecule has 0 bridgehead atoms. The predicted octanol–water partition coefficient (Wildman–Crippen LogP) is 1.76. The second kappa shape index (κ2) is 5.25. The van der Waals surface area contributed by atoms with Gasteiger partial charge in [-0.3, -0.25) is 19.7 Å². The average molecular weight is 304 g/mol. The first-order valence-corrected chi connectivity index (χ1v) is 7.16. The number of carbonyl (C=O) groups excluding carboxylic acids is 3. The topological polar surface area (TPSA) is 75.7 Å². The molecule has 1 fully saturated rings. The fourth-order valence-corrected chi connectivity index (χ4v) is 2.91. The van der Waals surface area contributed by atoms with Crippen LogP contribution in [0.25, 0.3) is 6.08 Å². The van der Waals surface area contributed by atoms with Gasteiger partial charge in [-0.15, -0.1) is 0 Å². The summed E-state index contributed by atoms with van der Waals surface area (Å²) in [5, 5.41) is 1.83. The van der Waals surface area contributed by atoms with Crippen LogP contribution >= 0.6 is 11.8 Å². The van der Waals surface area contributed by atoms with E-state index in [0.29, 0.717) is 29.5 Å². The summed E-state index contributed by atoms with van der Waals surface area (Å²) in [5.74, 6) is 0.174. The average Bonchev–Trinajstić information content (AvgIpc) is 2.76. The van der Waals surface area contributed by atoms with Gasteiger partial charge in [0.25, 0.3) is 11.1 Å². The molecule has 7 heteroatoms. The van der Waals surface area contributed by atoms with Crippen molar-refractivity contribution >= 4 is 40.6 Å². The van der Waals surface area contributed by atoms with E-state index in [-0.39, 0.29) is 11.1 Å². The number of imide groups is 1. The van der Waals surface area contributed by atoms with Crippen LogP contribution in [0.15, 0.2) is 23.1 Å². The van der Waals surface area contributed by atoms with Gasteiger partial charge in [0.2, 0.25) is 5.91 Å². The number of carbonyl (C=O) groups is 3. The molecular formula is C14H12N2O4S. The van der Waals surface area contributed by atoms with Gasteiger partial charge in [0.1, 0.15) is 12.4 Å². The van der Waals surface area contributed by atoms with E-state index < -0.39 is 5.91 Å². The second-order valence-electron chi connectivity index (χ2n) is 4.60. The lowest BCUT2D eigenvalue weighted by Gasteiger charge is -2.28. The monoisotopic (exact) mass is 304 g/mol. The first-order valence-electron chi connectivity index (χ1n) is 6.34. The first-order chi connectivity index (χ1) is 10.0. The van der Waals surface area contributed by atoms with Crippen LogP contribution < -0.4 is 15.0 Å². The highest BCUT2D eigenvalue weighted by Gasteiger charge is 2.26. The molecule has 0 saturated carbocycles. The van der Waals surface area contributed by atoms with E-state index in [1.807, 2.05) is 0 Å². The van der Waals surface area contributed by atoms with Gasteiger partial charge in [0, 0.05) is 6.92 Å². The number of hydrogen-bond donors (Lipinski definition) is 1. The minimum atomic E-state index is -0.401. The minimum Gasteiger partial charge on any atom is -0.490 e. The Labute approximate surface area is 125 Å². The van der Waals surface area contributed by atoms with Gasteiger partial charge in [-0.2, -0.15) is 0 Å². The van der Waals surface area contributed by atoms with Gasteiger partial charge < -0.3 is 9.64 Å². The van der Waals surface area contributed by atoms with Crippen molar-refractivity contribution in [3.05, 3.63) is 28.7 Å². The number of rotatable bonds is 1. The predicted molar refractivity (Wildman–Crippen MR) is 79.1 cm³/mol.